The van der Waals surface area contributed by atoms with Gasteiger partial charge >= 0.3 is 0 Å². The van der Waals surface area contributed by atoms with Crippen molar-refractivity contribution < 1.29 is 9.53 Å². The van der Waals surface area contributed by atoms with Gasteiger partial charge in [-0.3, -0.25) is 4.99 Å². The molecule has 0 atom stereocenters. The third-order valence-electron chi connectivity index (χ3n) is 3.11. The molecule has 0 aliphatic heterocycles. The van der Waals surface area contributed by atoms with E-state index in [2.05, 4.69) is 16.7 Å². The average molecular weight is 269 g/mol. The van der Waals surface area contributed by atoms with Crippen molar-refractivity contribution in [3.05, 3.63) is 41.9 Å². The van der Waals surface area contributed by atoms with E-state index >= 15 is 0 Å². The molecule has 0 unspecified atom stereocenters. The molecule has 0 amide bonds. The normalized spacial score (nSPS) is 16.2. The van der Waals surface area contributed by atoms with Gasteiger partial charge < -0.3 is 10.3 Å². The number of hydrogen-bond acceptors (Lipinski definition) is 2. The molecule has 2 rings (SSSR count). The summed E-state index contributed by atoms with van der Waals surface area (Å²) in [5.74, 6) is 0.885. The van der Waals surface area contributed by atoms with E-state index in [1.165, 1.54) is 0 Å². The van der Waals surface area contributed by atoms with Crippen LogP contribution in [0.1, 0.15) is 32.6 Å². The number of benzene rings is 1. The minimum atomic E-state index is 0.698. The van der Waals surface area contributed by atoms with Gasteiger partial charge in [-0.2, -0.15) is 4.79 Å². The summed E-state index contributed by atoms with van der Waals surface area (Å²) >= 11 is 0. The number of unbranched alkanes of at least 4 members (excludes halogenated alkanes) is 1. The molecular weight excluding hydrogens is 250 g/mol. The van der Waals surface area contributed by atoms with Crippen molar-refractivity contribution >= 4 is 17.1 Å². The topological polar surface area (TPSA) is 58.0 Å². The summed E-state index contributed by atoms with van der Waals surface area (Å²) in [5.41, 5.74) is 11.3. The molecule has 0 fully saturated rings. The zero-order chi connectivity index (χ0) is 14.2. The maximum Gasteiger partial charge on any atom is 0.292 e. The maximum absolute atomic E-state index is 8.67. The molecule has 0 saturated heterocycles. The second kappa shape index (κ2) is 7.41. The summed E-state index contributed by atoms with van der Waals surface area (Å²) in [4.78, 5) is 7.76. The molecule has 1 aromatic rings. The van der Waals surface area contributed by atoms with Gasteiger partial charge in [0.2, 0.25) is 0 Å². The number of nitrogens with zero attached hydrogens (tertiary/aromatic N) is 3. The van der Waals surface area contributed by atoms with Crippen LogP contribution in [-0.4, -0.2) is 22.8 Å². The fourth-order valence-electron chi connectivity index (χ4n) is 1.91. The zero-order valence-electron chi connectivity index (χ0n) is 11.7. The molecule has 0 saturated carbocycles. The molecule has 0 radical (unpaired) electrons. The summed E-state index contributed by atoms with van der Waals surface area (Å²) in [6, 6.07) is 7.81. The Balaban J connectivity index is 1.98. The van der Waals surface area contributed by atoms with Crippen LogP contribution in [0.25, 0.3) is 5.53 Å². The molecule has 20 heavy (non-hydrogen) atoms. The highest BCUT2D eigenvalue weighted by atomic mass is 16.5. The van der Waals surface area contributed by atoms with Crippen molar-refractivity contribution in [2.24, 2.45) is 4.99 Å². The number of aliphatic imine (C=N–C) groups is 1. The largest absolute Gasteiger partial charge is 0.494 e. The monoisotopic (exact) mass is 269 g/mol. The van der Waals surface area contributed by atoms with Gasteiger partial charge in [0.15, 0.2) is 0 Å². The minimum Gasteiger partial charge on any atom is -0.494 e. The molecule has 4 nitrogen and oxygen atoms in total. The molecule has 0 N–H and O–H groups in total. The average Bonchev–Trinajstić information content (AvgIpc) is 2.50. The SMILES string of the molecule is CCCCOc1ccc(N=C2C=CC(=[N+]=[N-])CC2)cc1. The van der Waals surface area contributed by atoms with Crippen molar-refractivity contribution in [1.82, 2.24) is 0 Å². The van der Waals surface area contributed by atoms with Gasteiger partial charge in [0.05, 0.1) is 18.7 Å². The van der Waals surface area contributed by atoms with Crippen LogP contribution in [0.2, 0.25) is 0 Å². The second-order valence-electron chi connectivity index (χ2n) is 4.72. The Morgan fingerprint density at radius 2 is 2.00 bits per heavy atom. The van der Waals surface area contributed by atoms with E-state index in [0.29, 0.717) is 5.71 Å². The first-order chi connectivity index (χ1) is 9.81. The highest BCUT2D eigenvalue weighted by Gasteiger charge is 2.11. The van der Waals surface area contributed by atoms with Crippen LogP contribution in [0.5, 0.6) is 5.75 Å². The summed E-state index contributed by atoms with van der Waals surface area (Å²) in [7, 11) is 0. The molecule has 0 aromatic heterocycles. The van der Waals surface area contributed by atoms with Crippen LogP contribution in [0.3, 0.4) is 0 Å². The Labute approximate surface area is 119 Å². The van der Waals surface area contributed by atoms with Gasteiger partial charge in [0.25, 0.3) is 5.71 Å². The van der Waals surface area contributed by atoms with Crippen LogP contribution in [0.15, 0.2) is 41.4 Å². The summed E-state index contributed by atoms with van der Waals surface area (Å²) in [6.07, 6.45) is 7.42. The molecular formula is C16H19N3O. The first-order valence-corrected chi connectivity index (χ1v) is 7.01. The first kappa shape index (κ1) is 14.2. The van der Waals surface area contributed by atoms with Crippen LogP contribution in [0.4, 0.5) is 5.69 Å². The lowest BCUT2D eigenvalue weighted by Gasteiger charge is -2.06. The third-order valence-corrected chi connectivity index (χ3v) is 3.11. The van der Waals surface area contributed by atoms with E-state index in [1.807, 2.05) is 30.3 Å². The van der Waals surface area contributed by atoms with Crippen molar-refractivity contribution in [2.75, 3.05) is 6.61 Å². The Hall–Kier alpha value is -2.19. The smallest absolute Gasteiger partial charge is 0.292 e. The van der Waals surface area contributed by atoms with Gasteiger partial charge in [-0.25, -0.2) is 0 Å². The highest BCUT2D eigenvalue weighted by molar-refractivity contribution is 6.07. The van der Waals surface area contributed by atoms with Crippen LogP contribution < -0.4 is 4.74 Å². The summed E-state index contributed by atoms with van der Waals surface area (Å²) in [5, 5.41) is 0. The van der Waals surface area contributed by atoms with Gasteiger partial charge in [0.1, 0.15) is 5.75 Å². The summed E-state index contributed by atoms with van der Waals surface area (Å²) < 4.78 is 5.61. The number of ether oxygens (including phenoxy) is 1. The fourth-order valence-corrected chi connectivity index (χ4v) is 1.91. The molecule has 0 spiro atoms. The standard InChI is InChI=1S/C16H19N3O/c1-2-3-12-20-16-10-8-14(9-11-16)18-13-4-6-15(19-17)7-5-13/h4,6,8-11H,2-3,5,7,12H2,1H3. The van der Waals surface area contributed by atoms with Crippen LogP contribution in [0, 0.1) is 0 Å². The molecule has 1 aliphatic carbocycles. The lowest BCUT2D eigenvalue weighted by atomic mass is 10.0. The molecule has 104 valence electrons. The number of hydrogen-bond donors (Lipinski definition) is 0. The van der Waals surface area contributed by atoms with Crippen molar-refractivity contribution in [1.29, 1.82) is 0 Å². The molecule has 4 heteroatoms. The third kappa shape index (κ3) is 4.18. The second-order valence-corrected chi connectivity index (χ2v) is 4.72. The molecule has 1 aromatic carbocycles. The predicted molar refractivity (Wildman–Crippen MR) is 80.9 cm³/mol. The van der Waals surface area contributed by atoms with Gasteiger partial charge in [-0.1, -0.05) is 13.3 Å². The fraction of sp³-hybridized carbons (Fsp3) is 0.375. The number of rotatable bonds is 5. The Morgan fingerprint density at radius 1 is 1.20 bits per heavy atom. The van der Waals surface area contributed by atoms with E-state index in [1.54, 1.807) is 6.08 Å². The Bertz CT molecular complexity index is 552. The maximum atomic E-state index is 8.67. The van der Waals surface area contributed by atoms with Crippen molar-refractivity contribution in [3.63, 3.8) is 0 Å². The lowest BCUT2D eigenvalue weighted by Crippen LogP contribution is -2.07. The van der Waals surface area contributed by atoms with E-state index < -0.39 is 0 Å². The van der Waals surface area contributed by atoms with Crippen LogP contribution >= 0.6 is 0 Å². The van der Waals surface area contributed by atoms with E-state index in [4.69, 9.17) is 10.3 Å². The quantitative estimate of drug-likeness (QED) is 0.453. The Morgan fingerprint density at radius 3 is 2.60 bits per heavy atom. The molecule has 1 aliphatic rings. The van der Waals surface area contributed by atoms with E-state index in [-0.39, 0.29) is 0 Å². The van der Waals surface area contributed by atoms with E-state index in [0.717, 1.165) is 49.4 Å². The lowest BCUT2D eigenvalue weighted by molar-refractivity contribution is -0.00621. The van der Waals surface area contributed by atoms with Crippen molar-refractivity contribution in [2.45, 2.75) is 32.6 Å². The number of allylic oxidation sites excluding steroid dienone is 2. The van der Waals surface area contributed by atoms with Gasteiger partial charge in [-0.15, -0.1) is 0 Å². The predicted octanol–water partition coefficient (Wildman–Crippen LogP) is 3.96. The van der Waals surface area contributed by atoms with Gasteiger partial charge in [0, 0.05) is 18.2 Å². The van der Waals surface area contributed by atoms with Gasteiger partial charge in [-0.05, 0) is 36.8 Å². The van der Waals surface area contributed by atoms with E-state index in [9.17, 15) is 0 Å². The van der Waals surface area contributed by atoms with Crippen molar-refractivity contribution in [3.8, 4) is 5.75 Å². The summed E-state index contributed by atoms with van der Waals surface area (Å²) in [6.45, 7) is 2.91. The first-order valence-electron chi connectivity index (χ1n) is 7.01. The Kier molecular flexibility index (Phi) is 5.27. The highest BCUT2D eigenvalue weighted by Crippen LogP contribution is 2.20. The zero-order valence-corrected chi connectivity index (χ0v) is 11.7. The minimum absolute atomic E-state index is 0.698. The molecule has 0 heterocycles. The molecule has 0 bridgehead atoms. The van der Waals surface area contributed by atoms with Crippen LogP contribution in [-0.2, 0) is 0 Å².